The number of rotatable bonds is 4. The number of H-pyrrole nitrogens is 1. The Bertz CT molecular complexity index is 722. The largest absolute Gasteiger partial charge is 0.376 e. The molecule has 1 aliphatic heterocycles. The first kappa shape index (κ1) is 14.8. The number of fused-ring (bicyclic) bond motifs is 1. The van der Waals surface area contributed by atoms with Crippen LogP contribution >= 0.6 is 0 Å². The SMILES string of the molecule is CC(C)c1nc(NCc2ccc3c(c2)COCC3)cc(=O)[nH]1. The number of nitrogens with one attached hydrogen (secondary N) is 2. The van der Waals surface area contributed by atoms with Gasteiger partial charge in [0.05, 0.1) is 13.2 Å². The molecule has 116 valence electrons. The third-order valence-corrected chi connectivity index (χ3v) is 3.82. The van der Waals surface area contributed by atoms with Gasteiger partial charge in [0.25, 0.3) is 5.56 Å². The minimum Gasteiger partial charge on any atom is -0.376 e. The molecule has 1 aliphatic rings. The van der Waals surface area contributed by atoms with Crippen LogP contribution in [0.3, 0.4) is 0 Å². The molecule has 22 heavy (non-hydrogen) atoms. The van der Waals surface area contributed by atoms with Crippen LogP contribution in [0.15, 0.2) is 29.1 Å². The van der Waals surface area contributed by atoms with Gasteiger partial charge in [0.15, 0.2) is 0 Å². The molecule has 5 heteroatoms. The normalized spacial score (nSPS) is 14.0. The molecule has 0 spiro atoms. The highest BCUT2D eigenvalue weighted by Gasteiger charge is 2.10. The summed E-state index contributed by atoms with van der Waals surface area (Å²) in [4.78, 5) is 18.9. The zero-order valence-electron chi connectivity index (χ0n) is 13.0. The van der Waals surface area contributed by atoms with E-state index in [1.165, 1.54) is 17.2 Å². The summed E-state index contributed by atoms with van der Waals surface area (Å²) >= 11 is 0. The van der Waals surface area contributed by atoms with Crippen LogP contribution in [0.1, 0.15) is 42.3 Å². The van der Waals surface area contributed by atoms with Crippen LogP contribution in [0, 0.1) is 0 Å². The van der Waals surface area contributed by atoms with Gasteiger partial charge >= 0.3 is 0 Å². The Balaban J connectivity index is 1.74. The van der Waals surface area contributed by atoms with Gasteiger partial charge in [0.2, 0.25) is 0 Å². The predicted octanol–water partition coefficient (Wildman–Crippen LogP) is 2.58. The predicted molar refractivity (Wildman–Crippen MR) is 86.1 cm³/mol. The molecule has 0 radical (unpaired) electrons. The molecule has 1 aromatic heterocycles. The molecule has 0 bridgehead atoms. The maximum absolute atomic E-state index is 11.7. The Morgan fingerprint density at radius 3 is 3.00 bits per heavy atom. The molecule has 0 saturated carbocycles. The lowest BCUT2D eigenvalue weighted by molar-refractivity contribution is 0.110. The number of benzene rings is 1. The number of nitrogens with zero attached hydrogens (tertiary/aromatic N) is 1. The van der Waals surface area contributed by atoms with Crippen molar-refractivity contribution in [2.45, 2.75) is 39.3 Å². The molecular formula is C17H21N3O2. The van der Waals surface area contributed by atoms with Gasteiger partial charge in [-0.05, 0) is 23.1 Å². The summed E-state index contributed by atoms with van der Waals surface area (Å²) in [5.74, 6) is 1.51. The van der Waals surface area contributed by atoms with Gasteiger partial charge in [-0.15, -0.1) is 0 Å². The van der Waals surface area contributed by atoms with Gasteiger partial charge in [-0.1, -0.05) is 32.0 Å². The lowest BCUT2D eigenvalue weighted by Gasteiger charge is -2.17. The highest BCUT2D eigenvalue weighted by molar-refractivity contribution is 5.38. The Morgan fingerprint density at radius 1 is 1.32 bits per heavy atom. The molecule has 0 atom stereocenters. The summed E-state index contributed by atoms with van der Waals surface area (Å²) in [7, 11) is 0. The van der Waals surface area contributed by atoms with Crippen molar-refractivity contribution in [2.24, 2.45) is 0 Å². The minimum atomic E-state index is -0.125. The lowest BCUT2D eigenvalue weighted by atomic mass is 10.0. The maximum atomic E-state index is 11.7. The summed E-state index contributed by atoms with van der Waals surface area (Å²) in [6.45, 7) is 6.14. The molecule has 0 unspecified atom stereocenters. The third kappa shape index (κ3) is 3.36. The van der Waals surface area contributed by atoms with E-state index >= 15 is 0 Å². The molecular weight excluding hydrogens is 278 g/mol. The van der Waals surface area contributed by atoms with Crippen molar-refractivity contribution in [2.75, 3.05) is 11.9 Å². The summed E-state index contributed by atoms with van der Waals surface area (Å²) in [5, 5.41) is 3.23. The molecule has 2 aromatic rings. The van der Waals surface area contributed by atoms with E-state index in [1.54, 1.807) is 0 Å². The average molecular weight is 299 g/mol. The van der Waals surface area contributed by atoms with Crippen LogP contribution < -0.4 is 10.9 Å². The number of hydrogen-bond acceptors (Lipinski definition) is 4. The van der Waals surface area contributed by atoms with Crippen molar-refractivity contribution in [3.8, 4) is 0 Å². The molecule has 0 amide bonds. The summed E-state index contributed by atoms with van der Waals surface area (Å²) in [5.41, 5.74) is 3.66. The third-order valence-electron chi connectivity index (χ3n) is 3.82. The molecule has 2 N–H and O–H groups in total. The van der Waals surface area contributed by atoms with Crippen LogP contribution in [0.25, 0.3) is 0 Å². The van der Waals surface area contributed by atoms with Crippen LogP contribution in [0.4, 0.5) is 5.82 Å². The fraction of sp³-hybridized carbons (Fsp3) is 0.412. The van der Waals surface area contributed by atoms with E-state index in [-0.39, 0.29) is 11.5 Å². The fourth-order valence-corrected chi connectivity index (χ4v) is 2.56. The van der Waals surface area contributed by atoms with Crippen LogP contribution in [-0.4, -0.2) is 16.6 Å². The van der Waals surface area contributed by atoms with Crippen LogP contribution in [0.5, 0.6) is 0 Å². The van der Waals surface area contributed by atoms with E-state index in [4.69, 9.17) is 4.74 Å². The van der Waals surface area contributed by atoms with Crippen molar-refractivity contribution in [3.63, 3.8) is 0 Å². The molecule has 1 aromatic carbocycles. The van der Waals surface area contributed by atoms with Gasteiger partial charge in [-0.3, -0.25) is 4.79 Å². The smallest absolute Gasteiger partial charge is 0.252 e. The quantitative estimate of drug-likeness (QED) is 0.910. The van der Waals surface area contributed by atoms with E-state index in [0.29, 0.717) is 24.8 Å². The summed E-state index contributed by atoms with van der Waals surface area (Å²) in [6, 6.07) is 7.94. The van der Waals surface area contributed by atoms with Gasteiger partial charge < -0.3 is 15.0 Å². The van der Waals surface area contributed by atoms with Crippen LogP contribution in [0.2, 0.25) is 0 Å². The summed E-state index contributed by atoms with van der Waals surface area (Å²) in [6.07, 6.45) is 0.983. The molecule has 3 rings (SSSR count). The number of anilines is 1. The van der Waals surface area contributed by atoms with Crippen molar-refractivity contribution in [3.05, 3.63) is 57.1 Å². The number of hydrogen-bond donors (Lipinski definition) is 2. The Labute approximate surface area is 129 Å². The number of aromatic nitrogens is 2. The van der Waals surface area contributed by atoms with Crippen molar-refractivity contribution < 1.29 is 4.74 Å². The van der Waals surface area contributed by atoms with Gasteiger partial charge in [-0.25, -0.2) is 4.98 Å². The first-order valence-electron chi connectivity index (χ1n) is 7.65. The van der Waals surface area contributed by atoms with Crippen molar-refractivity contribution >= 4 is 5.82 Å². The number of ether oxygens (including phenoxy) is 1. The highest BCUT2D eigenvalue weighted by Crippen LogP contribution is 2.19. The first-order chi connectivity index (χ1) is 10.6. The van der Waals surface area contributed by atoms with Crippen molar-refractivity contribution in [1.29, 1.82) is 0 Å². The van der Waals surface area contributed by atoms with E-state index in [1.807, 2.05) is 13.8 Å². The van der Waals surface area contributed by atoms with Gasteiger partial charge in [0, 0.05) is 18.5 Å². The average Bonchev–Trinajstić information content (AvgIpc) is 2.52. The first-order valence-corrected chi connectivity index (χ1v) is 7.65. The lowest BCUT2D eigenvalue weighted by Crippen LogP contribution is -2.15. The standard InChI is InChI=1S/C17H21N3O2/c1-11(2)17-19-15(8-16(21)20-17)18-9-12-3-4-13-5-6-22-10-14(13)7-12/h3-4,7-8,11H,5-6,9-10H2,1-2H3,(H2,18,19,20,21). The van der Waals surface area contributed by atoms with E-state index in [0.717, 1.165) is 18.6 Å². The molecule has 0 fully saturated rings. The second-order valence-electron chi connectivity index (χ2n) is 5.93. The van der Waals surface area contributed by atoms with Gasteiger partial charge in [-0.2, -0.15) is 0 Å². The summed E-state index contributed by atoms with van der Waals surface area (Å²) < 4.78 is 5.49. The number of aromatic amines is 1. The van der Waals surface area contributed by atoms with E-state index < -0.39 is 0 Å². The minimum absolute atomic E-state index is 0.125. The fourth-order valence-electron chi connectivity index (χ4n) is 2.56. The molecule has 5 nitrogen and oxygen atoms in total. The van der Waals surface area contributed by atoms with E-state index in [9.17, 15) is 4.79 Å². The molecule has 0 aliphatic carbocycles. The monoisotopic (exact) mass is 299 g/mol. The van der Waals surface area contributed by atoms with Crippen molar-refractivity contribution in [1.82, 2.24) is 9.97 Å². The Hall–Kier alpha value is -2.14. The zero-order valence-corrected chi connectivity index (χ0v) is 13.0. The Kier molecular flexibility index (Phi) is 4.24. The Morgan fingerprint density at radius 2 is 2.18 bits per heavy atom. The second-order valence-corrected chi connectivity index (χ2v) is 5.93. The van der Waals surface area contributed by atoms with Gasteiger partial charge in [0.1, 0.15) is 11.6 Å². The van der Waals surface area contributed by atoms with Crippen LogP contribution in [-0.2, 0) is 24.3 Å². The zero-order chi connectivity index (χ0) is 15.5. The molecule has 2 heterocycles. The topological polar surface area (TPSA) is 67.0 Å². The van der Waals surface area contributed by atoms with E-state index in [2.05, 4.69) is 33.5 Å². The second kappa shape index (κ2) is 6.32. The highest BCUT2D eigenvalue weighted by atomic mass is 16.5. The molecule has 0 saturated heterocycles. The maximum Gasteiger partial charge on any atom is 0.252 e.